The molecule has 3 rings (SSSR count). The number of sulfonamides is 1. The number of nitrogens with zero attached hydrogens (tertiary/aromatic N) is 2. The molecular formula is C21H26ClN3O4S. The van der Waals surface area contributed by atoms with Crippen LogP contribution in [0.2, 0.25) is 5.02 Å². The first-order chi connectivity index (χ1) is 14.4. The summed E-state index contributed by atoms with van der Waals surface area (Å²) in [5, 5.41) is -0.0116. The average molecular weight is 452 g/mol. The molecule has 1 N–H and O–H groups in total. The van der Waals surface area contributed by atoms with Crippen LogP contribution in [-0.2, 0) is 14.8 Å². The van der Waals surface area contributed by atoms with Crippen molar-refractivity contribution in [3.63, 3.8) is 0 Å². The van der Waals surface area contributed by atoms with Crippen LogP contribution in [0.1, 0.15) is 16.8 Å². The number of para-hydroxylation sites is 1. The zero-order chi connectivity index (χ0) is 21.6. The summed E-state index contributed by atoms with van der Waals surface area (Å²) >= 11 is 6.07. The Labute approximate surface area is 182 Å². The molecule has 0 saturated carbocycles. The van der Waals surface area contributed by atoms with Gasteiger partial charge in [0.1, 0.15) is 4.90 Å². The van der Waals surface area contributed by atoms with Gasteiger partial charge in [-0.2, -0.15) is 0 Å². The molecule has 0 bridgehead atoms. The fraction of sp³-hybridized carbons (Fsp3) is 0.381. The summed E-state index contributed by atoms with van der Waals surface area (Å²) in [6, 6.07) is 14.3. The molecule has 1 fully saturated rings. The topological polar surface area (TPSA) is 78.9 Å². The number of benzene rings is 2. The Bertz CT molecular complexity index is 961. The number of methoxy groups -OCH3 is 1. The number of carbonyl (C=O) groups is 1. The number of hydrogen-bond donors (Lipinski definition) is 1. The van der Waals surface area contributed by atoms with Gasteiger partial charge in [-0.05, 0) is 43.3 Å². The van der Waals surface area contributed by atoms with E-state index in [1.807, 2.05) is 18.2 Å². The first-order valence-corrected chi connectivity index (χ1v) is 11.7. The van der Waals surface area contributed by atoms with Gasteiger partial charge in [0.05, 0.1) is 17.7 Å². The molecule has 0 aromatic heterocycles. The Kier molecular flexibility index (Phi) is 7.71. The number of carbonyl (C=O) groups excluding carboxylic acids is 1. The molecule has 0 aliphatic carbocycles. The van der Waals surface area contributed by atoms with Crippen LogP contribution in [0.25, 0.3) is 0 Å². The molecule has 162 valence electrons. The van der Waals surface area contributed by atoms with E-state index in [1.165, 1.54) is 31.0 Å². The minimum Gasteiger partial charge on any atom is -0.465 e. The van der Waals surface area contributed by atoms with Crippen molar-refractivity contribution in [1.29, 1.82) is 0 Å². The van der Waals surface area contributed by atoms with Gasteiger partial charge in [-0.25, -0.2) is 17.9 Å². The van der Waals surface area contributed by atoms with Crippen LogP contribution in [0, 0.1) is 0 Å². The van der Waals surface area contributed by atoms with Crippen LogP contribution in [0.15, 0.2) is 53.4 Å². The average Bonchev–Trinajstić information content (AvgIpc) is 2.77. The van der Waals surface area contributed by atoms with Gasteiger partial charge in [0.2, 0.25) is 10.0 Å². The first-order valence-electron chi connectivity index (χ1n) is 9.80. The Hall–Kier alpha value is -2.13. The van der Waals surface area contributed by atoms with Crippen LogP contribution >= 0.6 is 11.6 Å². The van der Waals surface area contributed by atoms with Gasteiger partial charge in [-0.3, -0.25) is 4.90 Å². The highest BCUT2D eigenvalue weighted by Gasteiger charge is 2.20. The molecule has 1 saturated heterocycles. The molecule has 0 amide bonds. The van der Waals surface area contributed by atoms with E-state index in [0.717, 1.165) is 32.7 Å². The van der Waals surface area contributed by atoms with Gasteiger partial charge in [0, 0.05) is 38.4 Å². The van der Waals surface area contributed by atoms with E-state index < -0.39 is 16.0 Å². The quantitative estimate of drug-likeness (QED) is 0.491. The molecule has 1 aliphatic heterocycles. The monoisotopic (exact) mass is 451 g/mol. The Morgan fingerprint density at radius 3 is 2.43 bits per heavy atom. The van der Waals surface area contributed by atoms with Crippen LogP contribution in [0.4, 0.5) is 5.69 Å². The van der Waals surface area contributed by atoms with Crippen molar-refractivity contribution in [3.8, 4) is 0 Å². The van der Waals surface area contributed by atoms with Gasteiger partial charge in [0.15, 0.2) is 0 Å². The molecule has 1 heterocycles. The normalized spacial score (nSPS) is 15.2. The predicted molar refractivity (Wildman–Crippen MR) is 118 cm³/mol. The van der Waals surface area contributed by atoms with E-state index >= 15 is 0 Å². The highest BCUT2D eigenvalue weighted by atomic mass is 35.5. The molecule has 2 aromatic carbocycles. The number of nitrogens with one attached hydrogen (secondary N) is 1. The first kappa shape index (κ1) is 22.6. The number of rotatable bonds is 8. The zero-order valence-electron chi connectivity index (χ0n) is 16.9. The summed E-state index contributed by atoms with van der Waals surface area (Å²) in [6.07, 6.45) is 0.697. The Morgan fingerprint density at radius 2 is 1.80 bits per heavy atom. The fourth-order valence-electron chi connectivity index (χ4n) is 3.42. The molecule has 7 nitrogen and oxygen atoms in total. The van der Waals surface area contributed by atoms with E-state index in [0.29, 0.717) is 13.0 Å². The number of esters is 1. The second kappa shape index (κ2) is 10.3. The second-order valence-electron chi connectivity index (χ2n) is 7.05. The van der Waals surface area contributed by atoms with E-state index in [2.05, 4.69) is 31.4 Å². The van der Waals surface area contributed by atoms with E-state index in [4.69, 9.17) is 11.6 Å². The lowest BCUT2D eigenvalue weighted by molar-refractivity contribution is 0.0600. The molecule has 1 aliphatic rings. The lowest BCUT2D eigenvalue weighted by Gasteiger charge is -2.36. The van der Waals surface area contributed by atoms with Gasteiger partial charge in [0.25, 0.3) is 0 Å². The summed E-state index contributed by atoms with van der Waals surface area (Å²) in [4.78, 5) is 16.2. The molecule has 0 radical (unpaired) electrons. The van der Waals surface area contributed by atoms with Crippen molar-refractivity contribution >= 4 is 33.3 Å². The smallest absolute Gasteiger partial charge is 0.337 e. The molecule has 0 spiro atoms. The van der Waals surface area contributed by atoms with Gasteiger partial charge in [-0.1, -0.05) is 29.8 Å². The Morgan fingerprint density at radius 1 is 1.10 bits per heavy atom. The lowest BCUT2D eigenvalue weighted by atomic mass is 10.2. The van der Waals surface area contributed by atoms with Crippen molar-refractivity contribution in [3.05, 3.63) is 59.1 Å². The van der Waals surface area contributed by atoms with E-state index in [9.17, 15) is 13.2 Å². The maximum absolute atomic E-state index is 12.5. The van der Waals surface area contributed by atoms with Crippen LogP contribution < -0.4 is 9.62 Å². The molecular weight excluding hydrogens is 426 g/mol. The maximum Gasteiger partial charge on any atom is 0.337 e. The minimum atomic E-state index is -3.75. The third kappa shape index (κ3) is 5.72. The number of anilines is 1. The molecule has 9 heteroatoms. The van der Waals surface area contributed by atoms with Crippen molar-refractivity contribution < 1.29 is 17.9 Å². The molecule has 30 heavy (non-hydrogen) atoms. The van der Waals surface area contributed by atoms with E-state index in [1.54, 1.807) is 0 Å². The third-order valence-electron chi connectivity index (χ3n) is 5.08. The SMILES string of the molecule is COC(=O)c1ccc(S(=O)(=O)NCCCN2CCN(c3ccccc3)CC2)c(Cl)c1. The van der Waals surface area contributed by atoms with Crippen molar-refractivity contribution in [2.45, 2.75) is 11.3 Å². The second-order valence-corrected chi connectivity index (χ2v) is 9.19. The molecule has 0 atom stereocenters. The number of hydrogen-bond acceptors (Lipinski definition) is 6. The molecule has 0 unspecified atom stereocenters. The summed E-state index contributed by atoms with van der Waals surface area (Å²) < 4.78 is 32.2. The van der Waals surface area contributed by atoms with Crippen LogP contribution in [0.5, 0.6) is 0 Å². The predicted octanol–water partition coefficient (Wildman–Crippen LogP) is 2.62. The summed E-state index contributed by atoms with van der Waals surface area (Å²) in [6.45, 7) is 4.94. The highest BCUT2D eigenvalue weighted by molar-refractivity contribution is 7.89. The van der Waals surface area contributed by atoms with Crippen molar-refractivity contribution in [2.24, 2.45) is 0 Å². The third-order valence-corrected chi connectivity index (χ3v) is 7.02. The van der Waals surface area contributed by atoms with Crippen LogP contribution in [0.3, 0.4) is 0 Å². The minimum absolute atomic E-state index is 0.0116. The Balaban J connectivity index is 1.45. The summed E-state index contributed by atoms with van der Waals surface area (Å²) in [7, 11) is -2.49. The van der Waals surface area contributed by atoms with E-state index in [-0.39, 0.29) is 15.5 Å². The summed E-state index contributed by atoms with van der Waals surface area (Å²) in [5.41, 5.74) is 1.44. The van der Waals surface area contributed by atoms with Gasteiger partial charge < -0.3 is 9.64 Å². The van der Waals surface area contributed by atoms with Crippen molar-refractivity contribution in [1.82, 2.24) is 9.62 Å². The zero-order valence-corrected chi connectivity index (χ0v) is 18.5. The van der Waals surface area contributed by atoms with Crippen molar-refractivity contribution in [2.75, 3.05) is 51.3 Å². The molecule has 2 aromatic rings. The highest BCUT2D eigenvalue weighted by Crippen LogP contribution is 2.23. The van der Waals surface area contributed by atoms with Crippen LogP contribution in [-0.4, -0.2) is 65.7 Å². The van der Waals surface area contributed by atoms with Gasteiger partial charge >= 0.3 is 5.97 Å². The number of ether oxygens (including phenoxy) is 1. The largest absolute Gasteiger partial charge is 0.465 e. The summed E-state index contributed by atoms with van der Waals surface area (Å²) in [5.74, 6) is -0.568. The maximum atomic E-state index is 12.5. The van der Waals surface area contributed by atoms with Gasteiger partial charge in [-0.15, -0.1) is 0 Å². The number of piperazine rings is 1. The lowest BCUT2D eigenvalue weighted by Crippen LogP contribution is -2.47. The fourth-order valence-corrected chi connectivity index (χ4v) is 5.04. The number of halogens is 1. The standard InChI is InChI=1S/C21H26ClN3O4S/c1-29-21(26)17-8-9-20(19(22)16-17)30(27,28)23-10-5-11-24-12-14-25(15-13-24)18-6-3-2-4-7-18/h2-4,6-9,16,23H,5,10-15H2,1H3.